The van der Waals surface area contributed by atoms with Gasteiger partial charge in [0.25, 0.3) is 0 Å². The van der Waals surface area contributed by atoms with Gasteiger partial charge in [-0.15, -0.1) is 0 Å². The van der Waals surface area contributed by atoms with E-state index in [9.17, 15) is 9.59 Å². The summed E-state index contributed by atoms with van der Waals surface area (Å²) in [7, 11) is 1.59. The molecule has 0 aliphatic heterocycles. The van der Waals surface area contributed by atoms with Gasteiger partial charge in [0.15, 0.2) is 0 Å². The Morgan fingerprint density at radius 3 is 2.50 bits per heavy atom. The van der Waals surface area contributed by atoms with Crippen LogP contribution in [0, 0.1) is 3.57 Å². The maximum atomic E-state index is 11.5. The summed E-state index contributed by atoms with van der Waals surface area (Å²) in [6.45, 7) is 0.978. The Hall–Kier alpha value is -1.15. The van der Waals surface area contributed by atoms with Crippen LogP contribution in [0.5, 0.6) is 0 Å². The first kappa shape index (κ1) is 14.9. The van der Waals surface area contributed by atoms with E-state index >= 15 is 0 Å². The van der Waals surface area contributed by atoms with Crippen molar-refractivity contribution in [3.8, 4) is 0 Å². The molecule has 0 atom stereocenters. The van der Waals surface area contributed by atoms with Gasteiger partial charge in [0.1, 0.15) is 0 Å². The minimum absolute atomic E-state index is 0.423. The minimum atomic E-state index is -0.659. The zero-order chi connectivity index (χ0) is 13.4. The number of hydrogen-bond acceptors (Lipinski definition) is 3. The van der Waals surface area contributed by atoms with Gasteiger partial charge in [-0.25, -0.2) is 0 Å². The van der Waals surface area contributed by atoms with Crippen molar-refractivity contribution in [2.45, 2.75) is 6.42 Å². The monoisotopic (exact) mass is 362 g/mol. The van der Waals surface area contributed by atoms with E-state index in [4.69, 9.17) is 4.74 Å². The fourth-order valence-electron chi connectivity index (χ4n) is 1.22. The normalized spacial score (nSPS) is 9.89. The lowest BCUT2D eigenvalue weighted by Gasteiger charge is -2.06. The summed E-state index contributed by atoms with van der Waals surface area (Å²) < 4.78 is 5.90. The highest BCUT2D eigenvalue weighted by atomic mass is 127. The van der Waals surface area contributed by atoms with Gasteiger partial charge >= 0.3 is 11.8 Å². The van der Waals surface area contributed by atoms with Gasteiger partial charge in [-0.2, -0.15) is 0 Å². The lowest BCUT2D eigenvalue weighted by atomic mass is 10.3. The van der Waals surface area contributed by atoms with E-state index in [1.165, 1.54) is 0 Å². The summed E-state index contributed by atoms with van der Waals surface area (Å²) in [5, 5.41) is 5.04. The summed E-state index contributed by atoms with van der Waals surface area (Å²) in [6.07, 6.45) is 0.680. The van der Waals surface area contributed by atoms with Gasteiger partial charge in [0, 0.05) is 29.5 Å². The van der Waals surface area contributed by atoms with E-state index in [1.54, 1.807) is 19.2 Å². The topological polar surface area (TPSA) is 67.4 Å². The number of benzene rings is 1. The van der Waals surface area contributed by atoms with E-state index in [0.717, 1.165) is 3.57 Å². The van der Waals surface area contributed by atoms with Crippen LogP contribution in [0.2, 0.25) is 0 Å². The Labute approximate surface area is 119 Å². The molecule has 0 bridgehead atoms. The van der Waals surface area contributed by atoms with Crippen LogP contribution in [0.1, 0.15) is 6.42 Å². The average Bonchev–Trinajstić information content (AvgIpc) is 2.37. The summed E-state index contributed by atoms with van der Waals surface area (Å²) in [4.78, 5) is 22.9. The number of methoxy groups -OCH3 is 1. The Bertz CT molecular complexity index is 406. The highest BCUT2D eigenvalue weighted by Crippen LogP contribution is 2.10. The highest BCUT2D eigenvalue weighted by Gasteiger charge is 2.12. The van der Waals surface area contributed by atoms with Crippen LogP contribution in [0.4, 0.5) is 5.69 Å². The van der Waals surface area contributed by atoms with E-state index in [2.05, 4.69) is 33.2 Å². The van der Waals surface area contributed by atoms with Crippen molar-refractivity contribution < 1.29 is 14.3 Å². The molecule has 0 aliphatic rings. The molecule has 0 aromatic heterocycles. The van der Waals surface area contributed by atoms with Crippen LogP contribution in [-0.4, -0.2) is 32.1 Å². The zero-order valence-electron chi connectivity index (χ0n) is 10.0. The molecule has 18 heavy (non-hydrogen) atoms. The molecule has 0 aliphatic carbocycles. The van der Waals surface area contributed by atoms with Gasteiger partial charge in [0.05, 0.1) is 0 Å². The van der Waals surface area contributed by atoms with E-state index in [1.807, 2.05) is 12.1 Å². The Kier molecular flexibility index (Phi) is 6.66. The molecule has 0 fully saturated rings. The van der Waals surface area contributed by atoms with Crippen LogP contribution in [-0.2, 0) is 14.3 Å². The summed E-state index contributed by atoms with van der Waals surface area (Å²) >= 11 is 2.17. The second kappa shape index (κ2) is 8.04. The third-order valence-corrected chi connectivity index (χ3v) is 2.84. The van der Waals surface area contributed by atoms with Crippen molar-refractivity contribution in [1.82, 2.24) is 5.32 Å². The largest absolute Gasteiger partial charge is 0.385 e. The molecule has 1 aromatic carbocycles. The predicted molar refractivity (Wildman–Crippen MR) is 77.3 cm³/mol. The van der Waals surface area contributed by atoms with Gasteiger partial charge in [0.2, 0.25) is 0 Å². The van der Waals surface area contributed by atoms with Gasteiger partial charge in [-0.3, -0.25) is 9.59 Å². The summed E-state index contributed by atoms with van der Waals surface area (Å²) in [5.74, 6) is -1.29. The Morgan fingerprint density at radius 1 is 1.22 bits per heavy atom. The van der Waals surface area contributed by atoms with Crippen molar-refractivity contribution in [1.29, 1.82) is 0 Å². The molecule has 1 aromatic rings. The van der Waals surface area contributed by atoms with Crippen molar-refractivity contribution in [2.24, 2.45) is 0 Å². The van der Waals surface area contributed by atoms with Crippen LogP contribution in [0.3, 0.4) is 0 Å². The lowest BCUT2D eigenvalue weighted by molar-refractivity contribution is -0.136. The first-order valence-electron chi connectivity index (χ1n) is 5.47. The molecule has 2 amide bonds. The minimum Gasteiger partial charge on any atom is -0.385 e. The van der Waals surface area contributed by atoms with E-state index < -0.39 is 11.8 Å². The second-order valence-corrected chi connectivity index (χ2v) is 4.81. The third kappa shape index (κ3) is 5.46. The number of ether oxygens (including phenoxy) is 1. The first-order valence-corrected chi connectivity index (χ1v) is 6.55. The second-order valence-electron chi connectivity index (χ2n) is 3.56. The van der Waals surface area contributed by atoms with Crippen LogP contribution in [0.25, 0.3) is 0 Å². The maximum Gasteiger partial charge on any atom is 0.313 e. The zero-order valence-corrected chi connectivity index (χ0v) is 12.2. The summed E-state index contributed by atoms with van der Waals surface area (Å²) in [6, 6.07) is 7.20. The first-order chi connectivity index (χ1) is 8.63. The van der Waals surface area contributed by atoms with Crippen LogP contribution >= 0.6 is 22.6 Å². The number of anilines is 1. The van der Waals surface area contributed by atoms with E-state index in [-0.39, 0.29) is 0 Å². The Balaban J connectivity index is 2.35. The molecule has 6 heteroatoms. The number of carbonyl (C=O) groups is 2. The number of carbonyl (C=O) groups excluding carboxylic acids is 2. The van der Waals surface area contributed by atoms with Crippen molar-refractivity contribution in [3.63, 3.8) is 0 Å². The molecule has 98 valence electrons. The molecule has 0 heterocycles. The maximum absolute atomic E-state index is 11.5. The van der Waals surface area contributed by atoms with Gasteiger partial charge in [-0.1, -0.05) is 0 Å². The average molecular weight is 362 g/mol. The van der Waals surface area contributed by atoms with Gasteiger partial charge < -0.3 is 15.4 Å². The molecule has 0 saturated heterocycles. The molecule has 0 saturated carbocycles. The summed E-state index contributed by atoms with van der Waals surface area (Å²) in [5.41, 5.74) is 0.604. The molecule has 0 unspecified atom stereocenters. The molecule has 1 rings (SSSR count). The number of rotatable bonds is 5. The van der Waals surface area contributed by atoms with Crippen molar-refractivity contribution >= 4 is 40.1 Å². The SMILES string of the molecule is COCCCNC(=O)C(=O)Nc1ccc(I)cc1. The quantitative estimate of drug-likeness (QED) is 0.473. The molecule has 5 nitrogen and oxygen atoms in total. The number of halogens is 1. The molecule has 0 radical (unpaired) electrons. The number of nitrogens with one attached hydrogen (secondary N) is 2. The fourth-order valence-corrected chi connectivity index (χ4v) is 1.58. The van der Waals surface area contributed by atoms with Gasteiger partial charge in [-0.05, 0) is 53.3 Å². The molecule has 2 N–H and O–H groups in total. The van der Waals surface area contributed by atoms with Crippen LogP contribution in [0.15, 0.2) is 24.3 Å². The third-order valence-electron chi connectivity index (χ3n) is 2.12. The Morgan fingerprint density at radius 2 is 1.89 bits per heavy atom. The fraction of sp³-hybridized carbons (Fsp3) is 0.333. The highest BCUT2D eigenvalue weighted by molar-refractivity contribution is 14.1. The lowest BCUT2D eigenvalue weighted by Crippen LogP contribution is -2.36. The molecular formula is C12H15IN2O3. The van der Waals surface area contributed by atoms with Crippen molar-refractivity contribution in [3.05, 3.63) is 27.8 Å². The standard InChI is InChI=1S/C12H15IN2O3/c1-18-8-2-7-14-11(16)12(17)15-10-5-3-9(13)4-6-10/h3-6H,2,7-8H2,1H3,(H,14,16)(H,15,17). The predicted octanol–water partition coefficient (Wildman–Crippen LogP) is 1.38. The van der Waals surface area contributed by atoms with Crippen LogP contribution < -0.4 is 10.6 Å². The smallest absolute Gasteiger partial charge is 0.313 e. The molecular weight excluding hydrogens is 347 g/mol. The van der Waals surface area contributed by atoms with Crippen molar-refractivity contribution in [2.75, 3.05) is 25.6 Å². The van der Waals surface area contributed by atoms with E-state index in [0.29, 0.717) is 25.3 Å². The number of hydrogen-bond donors (Lipinski definition) is 2. The number of amides is 2. The molecule has 0 spiro atoms.